The van der Waals surface area contributed by atoms with Crippen LogP contribution in [0.5, 0.6) is 0 Å². The van der Waals surface area contributed by atoms with E-state index in [1.807, 2.05) is 11.5 Å². The van der Waals surface area contributed by atoms with Crippen LogP contribution in [0.1, 0.15) is 5.69 Å². The van der Waals surface area contributed by atoms with Crippen LogP contribution in [0.2, 0.25) is 0 Å². The highest BCUT2D eigenvalue weighted by molar-refractivity contribution is 4.94. The Morgan fingerprint density at radius 3 is 3.00 bits per heavy atom. The Hall–Kier alpha value is -0.870. The molecule has 1 aromatic rings. The van der Waals surface area contributed by atoms with Crippen LogP contribution in [-0.4, -0.2) is 27.3 Å². The van der Waals surface area contributed by atoms with Gasteiger partial charge in [0.2, 0.25) is 0 Å². The summed E-state index contributed by atoms with van der Waals surface area (Å²) >= 11 is 0. The summed E-state index contributed by atoms with van der Waals surface area (Å²) in [5.41, 5.74) is 6.29. The Morgan fingerprint density at radius 1 is 1.82 bits per heavy atom. The summed E-state index contributed by atoms with van der Waals surface area (Å²) in [4.78, 5) is 3.92. The van der Waals surface area contributed by atoms with Crippen LogP contribution >= 0.6 is 0 Å². The number of imidazole rings is 1. The van der Waals surface area contributed by atoms with Gasteiger partial charge in [-0.25, -0.2) is 4.98 Å². The zero-order valence-corrected chi connectivity index (χ0v) is 6.57. The van der Waals surface area contributed by atoms with E-state index in [0.717, 1.165) is 5.69 Å². The average Bonchev–Trinajstić information content (AvgIpc) is 2.37. The van der Waals surface area contributed by atoms with E-state index < -0.39 is 6.10 Å². The molecular formula is C7H13N3O. The molecule has 1 atom stereocenters. The minimum absolute atomic E-state index is 0.289. The second kappa shape index (κ2) is 3.50. The molecule has 62 valence electrons. The van der Waals surface area contributed by atoms with E-state index in [1.54, 1.807) is 12.5 Å². The SMILES string of the molecule is Cc1cncn1CC(O)CN. The van der Waals surface area contributed by atoms with Crippen LogP contribution in [-0.2, 0) is 6.54 Å². The molecule has 0 aliphatic carbocycles. The van der Waals surface area contributed by atoms with E-state index >= 15 is 0 Å². The standard InChI is InChI=1S/C7H13N3O/c1-6-3-9-5-10(6)4-7(11)2-8/h3,5,7,11H,2,4,8H2,1H3. The van der Waals surface area contributed by atoms with Gasteiger partial charge in [-0.3, -0.25) is 0 Å². The van der Waals surface area contributed by atoms with Crippen molar-refractivity contribution in [3.8, 4) is 0 Å². The van der Waals surface area contributed by atoms with E-state index in [0.29, 0.717) is 6.54 Å². The first-order valence-corrected chi connectivity index (χ1v) is 3.59. The van der Waals surface area contributed by atoms with E-state index in [9.17, 15) is 5.11 Å². The molecule has 1 unspecified atom stereocenters. The lowest BCUT2D eigenvalue weighted by molar-refractivity contribution is 0.161. The van der Waals surface area contributed by atoms with Crippen molar-refractivity contribution in [3.05, 3.63) is 18.2 Å². The molecule has 0 fully saturated rings. The van der Waals surface area contributed by atoms with Gasteiger partial charge >= 0.3 is 0 Å². The van der Waals surface area contributed by atoms with Gasteiger partial charge in [0.1, 0.15) is 0 Å². The second-order valence-electron chi connectivity index (χ2n) is 2.58. The van der Waals surface area contributed by atoms with Crippen LogP contribution < -0.4 is 5.73 Å². The smallest absolute Gasteiger partial charge is 0.0948 e. The second-order valence-corrected chi connectivity index (χ2v) is 2.58. The van der Waals surface area contributed by atoms with Crippen molar-refractivity contribution >= 4 is 0 Å². The third-order valence-corrected chi connectivity index (χ3v) is 1.60. The number of nitrogens with zero attached hydrogens (tertiary/aromatic N) is 2. The molecule has 1 heterocycles. The Kier molecular flexibility index (Phi) is 2.62. The first-order valence-electron chi connectivity index (χ1n) is 3.59. The quantitative estimate of drug-likeness (QED) is 0.619. The molecule has 0 aliphatic rings. The van der Waals surface area contributed by atoms with Gasteiger partial charge in [0, 0.05) is 18.4 Å². The number of aromatic nitrogens is 2. The summed E-state index contributed by atoms with van der Waals surface area (Å²) in [6.45, 7) is 2.76. The lowest BCUT2D eigenvalue weighted by Gasteiger charge is -2.09. The van der Waals surface area contributed by atoms with Gasteiger partial charge in [0.25, 0.3) is 0 Å². The number of hydrogen-bond donors (Lipinski definition) is 2. The summed E-state index contributed by atoms with van der Waals surface area (Å²) in [5.74, 6) is 0. The summed E-state index contributed by atoms with van der Waals surface area (Å²) in [6, 6.07) is 0. The molecule has 0 saturated carbocycles. The van der Waals surface area contributed by atoms with Gasteiger partial charge in [0.05, 0.1) is 19.0 Å². The highest BCUT2D eigenvalue weighted by atomic mass is 16.3. The fourth-order valence-corrected chi connectivity index (χ4v) is 0.880. The molecule has 4 heteroatoms. The molecule has 0 aromatic carbocycles. The van der Waals surface area contributed by atoms with Gasteiger partial charge in [-0.05, 0) is 6.92 Å². The summed E-state index contributed by atoms with van der Waals surface area (Å²) in [5, 5.41) is 9.18. The molecule has 1 aromatic heterocycles. The minimum Gasteiger partial charge on any atom is -0.390 e. The van der Waals surface area contributed by atoms with Crippen LogP contribution in [0.15, 0.2) is 12.5 Å². The van der Waals surface area contributed by atoms with Gasteiger partial charge in [0.15, 0.2) is 0 Å². The number of aryl methyl sites for hydroxylation is 1. The van der Waals surface area contributed by atoms with Crippen molar-refractivity contribution in [2.45, 2.75) is 19.6 Å². The van der Waals surface area contributed by atoms with Crippen molar-refractivity contribution in [1.29, 1.82) is 0 Å². The molecule has 0 amide bonds. The predicted molar refractivity (Wildman–Crippen MR) is 42.0 cm³/mol. The molecular weight excluding hydrogens is 142 g/mol. The van der Waals surface area contributed by atoms with Crippen molar-refractivity contribution in [2.24, 2.45) is 5.73 Å². The molecule has 0 spiro atoms. The third kappa shape index (κ3) is 2.03. The molecule has 1 rings (SSSR count). The largest absolute Gasteiger partial charge is 0.390 e. The first kappa shape index (κ1) is 8.23. The maximum atomic E-state index is 9.18. The van der Waals surface area contributed by atoms with Crippen molar-refractivity contribution in [2.75, 3.05) is 6.54 Å². The Labute approximate surface area is 65.7 Å². The molecule has 4 nitrogen and oxygen atoms in total. The van der Waals surface area contributed by atoms with Crippen LogP contribution in [0.4, 0.5) is 0 Å². The van der Waals surface area contributed by atoms with E-state index in [2.05, 4.69) is 4.98 Å². The monoisotopic (exact) mass is 155 g/mol. The summed E-state index contributed by atoms with van der Waals surface area (Å²) in [7, 11) is 0. The van der Waals surface area contributed by atoms with Crippen LogP contribution in [0.3, 0.4) is 0 Å². The number of rotatable bonds is 3. The van der Waals surface area contributed by atoms with Crippen molar-refractivity contribution < 1.29 is 5.11 Å². The minimum atomic E-state index is -0.470. The first-order chi connectivity index (χ1) is 5.24. The van der Waals surface area contributed by atoms with E-state index in [-0.39, 0.29) is 6.54 Å². The number of aliphatic hydroxyl groups is 1. The maximum Gasteiger partial charge on any atom is 0.0948 e. The molecule has 3 N–H and O–H groups in total. The third-order valence-electron chi connectivity index (χ3n) is 1.60. The normalized spacial score (nSPS) is 13.4. The lowest BCUT2D eigenvalue weighted by atomic mass is 10.3. The van der Waals surface area contributed by atoms with Crippen molar-refractivity contribution in [1.82, 2.24) is 9.55 Å². The topological polar surface area (TPSA) is 64.1 Å². The maximum absolute atomic E-state index is 9.18. The zero-order chi connectivity index (χ0) is 8.27. The lowest BCUT2D eigenvalue weighted by Crippen LogP contribution is -2.25. The number of hydrogen-bond acceptors (Lipinski definition) is 3. The Bertz CT molecular complexity index is 221. The van der Waals surface area contributed by atoms with E-state index in [4.69, 9.17) is 5.73 Å². The van der Waals surface area contributed by atoms with E-state index in [1.165, 1.54) is 0 Å². The summed E-state index contributed by atoms with van der Waals surface area (Å²) in [6.07, 6.45) is 2.97. The van der Waals surface area contributed by atoms with Gasteiger partial charge < -0.3 is 15.4 Å². The van der Waals surface area contributed by atoms with Gasteiger partial charge in [-0.1, -0.05) is 0 Å². The summed E-state index contributed by atoms with van der Waals surface area (Å²) < 4.78 is 1.87. The predicted octanol–water partition coefficient (Wildman–Crippen LogP) is -0.489. The zero-order valence-electron chi connectivity index (χ0n) is 6.57. The highest BCUT2D eigenvalue weighted by Crippen LogP contribution is 1.97. The molecule has 11 heavy (non-hydrogen) atoms. The van der Waals surface area contributed by atoms with Gasteiger partial charge in [-0.2, -0.15) is 0 Å². The number of nitrogens with two attached hydrogens (primary N) is 1. The number of aliphatic hydroxyl groups excluding tert-OH is 1. The van der Waals surface area contributed by atoms with Crippen LogP contribution in [0, 0.1) is 6.92 Å². The Morgan fingerprint density at radius 2 is 2.55 bits per heavy atom. The van der Waals surface area contributed by atoms with Crippen molar-refractivity contribution in [3.63, 3.8) is 0 Å². The fraction of sp³-hybridized carbons (Fsp3) is 0.571. The fourth-order valence-electron chi connectivity index (χ4n) is 0.880. The molecule has 0 bridgehead atoms. The van der Waals surface area contributed by atoms with Gasteiger partial charge in [-0.15, -0.1) is 0 Å². The molecule has 0 aliphatic heterocycles. The molecule has 0 saturated heterocycles. The average molecular weight is 155 g/mol. The highest BCUT2D eigenvalue weighted by Gasteiger charge is 2.02. The Balaban J connectivity index is 2.56. The molecule has 0 radical (unpaired) electrons. The van der Waals surface area contributed by atoms with Crippen LogP contribution in [0.25, 0.3) is 0 Å².